The average molecular weight is 219 g/mol. The van der Waals surface area contributed by atoms with Gasteiger partial charge in [0.2, 0.25) is 0 Å². The van der Waals surface area contributed by atoms with Crippen LogP contribution < -0.4 is 10.1 Å². The lowest BCUT2D eigenvalue weighted by molar-refractivity contribution is 0.352. The van der Waals surface area contributed by atoms with Crippen molar-refractivity contribution in [2.75, 3.05) is 13.7 Å². The Balaban J connectivity index is 2.81. The van der Waals surface area contributed by atoms with E-state index in [9.17, 15) is 0 Å². The smallest absolute Gasteiger partial charge is 0.124 e. The second-order valence-electron chi connectivity index (χ2n) is 3.67. The Labute approximate surface area is 98.3 Å². The van der Waals surface area contributed by atoms with E-state index in [1.165, 1.54) is 5.56 Å². The van der Waals surface area contributed by atoms with Crippen LogP contribution in [0.15, 0.2) is 36.4 Å². The molecule has 1 unspecified atom stereocenters. The molecule has 1 N–H and O–H groups in total. The number of rotatable bonds is 6. The SMILES string of the molecule is C/C=C/COc1ccccc1C(CC)NC. The van der Waals surface area contributed by atoms with Gasteiger partial charge in [0.25, 0.3) is 0 Å². The van der Waals surface area contributed by atoms with Gasteiger partial charge in [-0.15, -0.1) is 0 Å². The maximum atomic E-state index is 5.74. The van der Waals surface area contributed by atoms with Gasteiger partial charge < -0.3 is 10.1 Å². The highest BCUT2D eigenvalue weighted by atomic mass is 16.5. The lowest BCUT2D eigenvalue weighted by atomic mass is 10.0. The van der Waals surface area contributed by atoms with E-state index in [1.807, 2.05) is 38.3 Å². The molecule has 0 heterocycles. The molecule has 0 aromatic heterocycles. The molecule has 0 bridgehead atoms. The van der Waals surface area contributed by atoms with Crippen molar-refractivity contribution >= 4 is 0 Å². The van der Waals surface area contributed by atoms with E-state index in [0.717, 1.165) is 12.2 Å². The Kier molecular flexibility index (Phi) is 5.65. The van der Waals surface area contributed by atoms with Crippen LogP contribution in [0.5, 0.6) is 5.75 Å². The molecular weight excluding hydrogens is 198 g/mol. The molecule has 1 aromatic carbocycles. The van der Waals surface area contributed by atoms with E-state index in [1.54, 1.807) is 0 Å². The lowest BCUT2D eigenvalue weighted by Crippen LogP contribution is -2.16. The molecule has 0 aliphatic carbocycles. The summed E-state index contributed by atoms with van der Waals surface area (Å²) in [6.07, 6.45) is 5.07. The summed E-state index contributed by atoms with van der Waals surface area (Å²) < 4.78 is 5.74. The fourth-order valence-electron chi connectivity index (χ4n) is 1.71. The molecule has 16 heavy (non-hydrogen) atoms. The first-order valence-electron chi connectivity index (χ1n) is 5.83. The largest absolute Gasteiger partial charge is 0.489 e. The predicted octanol–water partition coefficient (Wildman–Crippen LogP) is 3.31. The summed E-state index contributed by atoms with van der Waals surface area (Å²) in [6.45, 7) is 4.80. The Morgan fingerprint density at radius 3 is 2.75 bits per heavy atom. The molecule has 0 aliphatic rings. The van der Waals surface area contributed by atoms with E-state index >= 15 is 0 Å². The number of allylic oxidation sites excluding steroid dienone is 1. The number of nitrogens with one attached hydrogen (secondary N) is 1. The number of hydrogen-bond donors (Lipinski definition) is 1. The molecule has 1 aromatic rings. The molecule has 2 heteroatoms. The van der Waals surface area contributed by atoms with Gasteiger partial charge in [-0.3, -0.25) is 0 Å². The van der Waals surface area contributed by atoms with Crippen LogP contribution in [0.2, 0.25) is 0 Å². The van der Waals surface area contributed by atoms with Crippen LogP contribution in [0.25, 0.3) is 0 Å². The topological polar surface area (TPSA) is 21.3 Å². The van der Waals surface area contributed by atoms with Gasteiger partial charge in [-0.25, -0.2) is 0 Å². The van der Waals surface area contributed by atoms with Gasteiger partial charge in [-0.1, -0.05) is 37.3 Å². The molecule has 1 atom stereocenters. The average Bonchev–Trinajstić information content (AvgIpc) is 2.33. The Morgan fingerprint density at radius 1 is 1.38 bits per heavy atom. The van der Waals surface area contributed by atoms with Crippen molar-refractivity contribution in [3.8, 4) is 5.75 Å². The van der Waals surface area contributed by atoms with Crippen molar-refractivity contribution < 1.29 is 4.74 Å². The minimum Gasteiger partial charge on any atom is -0.489 e. The van der Waals surface area contributed by atoms with Gasteiger partial charge >= 0.3 is 0 Å². The van der Waals surface area contributed by atoms with E-state index in [0.29, 0.717) is 12.6 Å². The first kappa shape index (κ1) is 12.8. The van der Waals surface area contributed by atoms with Crippen molar-refractivity contribution in [3.05, 3.63) is 42.0 Å². The van der Waals surface area contributed by atoms with E-state index < -0.39 is 0 Å². The standard InChI is InChI=1S/C14H21NO/c1-4-6-11-16-14-10-8-7-9-12(14)13(5-2)15-3/h4,6-10,13,15H,5,11H2,1-3H3/b6-4+. The second kappa shape index (κ2) is 7.07. The zero-order chi connectivity index (χ0) is 11.8. The maximum Gasteiger partial charge on any atom is 0.124 e. The maximum absolute atomic E-state index is 5.74. The number of para-hydroxylation sites is 1. The zero-order valence-corrected chi connectivity index (χ0v) is 10.4. The van der Waals surface area contributed by atoms with Crippen LogP contribution in [-0.2, 0) is 0 Å². The molecule has 2 nitrogen and oxygen atoms in total. The molecule has 0 spiro atoms. The van der Waals surface area contributed by atoms with Gasteiger partial charge in [0, 0.05) is 11.6 Å². The summed E-state index contributed by atoms with van der Waals surface area (Å²) in [7, 11) is 1.98. The summed E-state index contributed by atoms with van der Waals surface area (Å²) in [6, 6.07) is 8.57. The number of ether oxygens (including phenoxy) is 1. The van der Waals surface area contributed by atoms with E-state index in [2.05, 4.69) is 24.4 Å². The van der Waals surface area contributed by atoms with Gasteiger partial charge in [-0.2, -0.15) is 0 Å². The Hall–Kier alpha value is -1.28. The van der Waals surface area contributed by atoms with Crippen LogP contribution in [0.1, 0.15) is 31.9 Å². The summed E-state index contributed by atoms with van der Waals surface area (Å²) in [5.41, 5.74) is 1.23. The summed E-state index contributed by atoms with van der Waals surface area (Å²) >= 11 is 0. The third-order valence-electron chi connectivity index (χ3n) is 2.62. The predicted molar refractivity (Wildman–Crippen MR) is 68.8 cm³/mol. The summed E-state index contributed by atoms with van der Waals surface area (Å²) in [5.74, 6) is 0.974. The fourth-order valence-corrected chi connectivity index (χ4v) is 1.71. The highest BCUT2D eigenvalue weighted by Crippen LogP contribution is 2.26. The fraction of sp³-hybridized carbons (Fsp3) is 0.429. The molecule has 1 rings (SSSR count). The highest BCUT2D eigenvalue weighted by molar-refractivity contribution is 5.36. The number of hydrogen-bond acceptors (Lipinski definition) is 2. The van der Waals surface area contributed by atoms with Crippen molar-refractivity contribution in [2.24, 2.45) is 0 Å². The van der Waals surface area contributed by atoms with Crippen LogP contribution in [-0.4, -0.2) is 13.7 Å². The molecule has 0 saturated heterocycles. The third-order valence-corrected chi connectivity index (χ3v) is 2.62. The Morgan fingerprint density at radius 2 is 2.12 bits per heavy atom. The van der Waals surface area contributed by atoms with Gasteiger partial charge in [0.1, 0.15) is 12.4 Å². The number of benzene rings is 1. The van der Waals surface area contributed by atoms with E-state index in [4.69, 9.17) is 4.74 Å². The monoisotopic (exact) mass is 219 g/mol. The quantitative estimate of drug-likeness (QED) is 0.741. The molecular formula is C14H21NO. The molecule has 0 radical (unpaired) electrons. The van der Waals surface area contributed by atoms with Gasteiger partial charge in [0.05, 0.1) is 0 Å². The molecule has 0 amide bonds. The first-order valence-corrected chi connectivity index (χ1v) is 5.83. The molecule has 0 aliphatic heterocycles. The normalized spacial score (nSPS) is 12.9. The van der Waals surface area contributed by atoms with Crippen LogP contribution in [0, 0.1) is 0 Å². The first-order chi connectivity index (χ1) is 7.83. The van der Waals surface area contributed by atoms with Crippen LogP contribution in [0.4, 0.5) is 0 Å². The lowest BCUT2D eigenvalue weighted by Gasteiger charge is -2.18. The van der Waals surface area contributed by atoms with Crippen LogP contribution in [0.3, 0.4) is 0 Å². The second-order valence-corrected chi connectivity index (χ2v) is 3.67. The van der Waals surface area contributed by atoms with Crippen molar-refractivity contribution in [3.63, 3.8) is 0 Å². The van der Waals surface area contributed by atoms with Crippen molar-refractivity contribution in [2.45, 2.75) is 26.3 Å². The highest BCUT2D eigenvalue weighted by Gasteiger charge is 2.11. The molecule has 0 saturated carbocycles. The Bertz CT molecular complexity index is 329. The third kappa shape index (κ3) is 3.38. The van der Waals surface area contributed by atoms with E-state index in [-0.39, 0.29) is 0 Å². The minimum atomic E-state index is 0.363. The molecule has 0 fully saturated rings. The summed E-state index contributed by atoms with van der Waals surface area (Å²) in [5, 5.41) is 3.30. The van der Waals surface area contributed by atoms with Gasteiger partial charge in [-0.05, 0) is 26.5 Å². The van der Waals surface area contributed by atoms with Crippen LogP contribution >= 0.6 is 0 Å². The zero-order valence-electron chi connectivity index (χ0n) is 10.4. The summed E-state index contributed by atoms with van der Waals surface area (Å²) in [4.78, 5) is 0. The van der Waals surface area contributed by atoms with Crippen molar-refractivity contribution in [1.29, 1.82) is 0 Å². The van der Waals surface area contributed by atoms with Gasteiger partial charge in [0.15, 0.2) is 0 Å². The minimum absolute atomic E-state index is 0.363. The molecule has 88 valence electrons. The van der Waals surface area contributed by atoms with Crippen molar-refractivity contribution in [1.82, 2.24) is 5.32 Å².